The van der Waals surface area contributed by atoms with Gasteiger partial charge in [0.25, 0.3) is 0 Å². The van der Waals surface area contributed by atoms with E-state index in [4.69, 9.17) is 0 Å². The van der Waals surface area contributed by atoms with E-state index < -0.39 is 32.3 Å². The third-order valence-corrected chi connectivity index (χ3v) is 13.4. The van der Waals surface area contributed by atoms with Crippen LogP contribution in [0.15, 0.2) is 32.9 Å². The van der Waals surface area contributed by atoms with E-state index in [0.29, 0.717) is 0 Å². The fourth-order valence-electron chi connectivity index (χ4n) is 3.61. The summed E-state index contributed by atoms with van der Waals surface area (Å²) in [5.41, 5.74) is 0. The Labute approximate surface area is 222 Å². The summed E-state index contributed by atoms with van der Waals surface area (Å²) in [6.45, 7) is 29.2. The van der Waals surface area contributed by atoms with Crippen LogP contribution in [0.5, 0.6) is 0 Å². The maximum absolute atomic E-state index is 3.57. The molecular formula is C22H44Cl2Si4U. The van der Waals surface area contributed by atoms with E-state index in [1.807, 2.05) is 0 Å². The van der Waals surface area contributed by atoms with Gasteiger partial charge >= 0.3 is 31.1 Å². The summed E-state index contributed by atoms with van der Waals surface area (Å²) < 4.78 is 0. The Morgan fingerprint density at radius 2 is 0.759 bits per heavy atom. The first-order valence-corrected chi connectivity index (χ1v) is 24.1. The van der Waals surface area contributed by atoms with Crippen LogP contribution in [0.3, 0.4) is 0 Å². The topological polar surface area (TPSA) is 0 Å². The van der Waals surface area contributed by atoms with E-state index in [2.05, 4.69) is 103 Å². The molecule has 7 heteroatoms. The van der Waals surface area contributed by atoms with Crippen molar-refractivity contribution in [3.63, 3.8) is 0 Å². The number of hydrogen-bond donors (Lipinski definition) is 0. The Morgan fingerprint density at radius 1 is 0.517 bits per heavy atom. The molecule has 166 valence electrons. The summed E-state index contributed by atoms with van der Waals surface area (Å²) in [5.74, 6) is 0. The van der Waals surface area contributed by atoms with Crippen molar-refractivity contribution in [2.75, 3.05) is 0 Å². The molecule has 0 spiro atoms. The first-order valence-electron chi connectivity index (χ1n) is 10.1. The van der Waals surface area contributed by atoms with Gasteiger partial charge in [0.05, 0.1) is 0 Å². The van der Waals surface area contributed by atoms with Crippen molar-refractivity contribution in [2.45, 2.75) is 91.4 Å². The summed E-state index contributed by atoms with van der Waals surface area (Å²) in [6, 6.07) is 0. The number of allylic oxidation sites excluding steroid dienone is 8. The Kier molecular flexibility index (Phi) is 15.3. The molecule has 0 saturated carbocycles. The molecule has 0 aromatic carbocycles. The third-order valence-electron chi connectivity index (χ3n) is 4.82. The van der Waals surface area contributed by atoms with Crippen molar-refractivity contribution >= 4 is 57.1 Å². The minimum atomic E-state index is -1.13. The minimum Gasteiger partial charge on any atom is -0.273 e. The van der Waals surface area contributed by atoms with Gasteiger partial charge in [0, 0.05) is 16.1 Å². The Balaban J connectivity index is -0.000000422. The van der Waals surface area contributed by atoms with Crippen LogP contribution in [-0.2, 0) is 0 Å². The molecule has 0 unspecified atom stereocenters. The van der Waals surface area contributed by atoms with Crippen LogP contribution in [0, 0.1) is 43.3 Å². The molecule has 0 N–H and O–H groups in total. The van der Waals surface area contributed by atoms with Gasteiger partial charge in [0.2, 0.25) is 0 Å². The standard InChI is InChI=1S/2C11H21Si2.2ClH.U/c2*1-12(2,3)10-8-7-9-11(10)13(4,5)6;;;/h2*8H,7H2,1-6H3;2*1H;/q2*-1;;;+2. The second kappa shape index (κ2) is 12.6. The molecule has 0 bridgehead atoms. The molecule has 0 aliphatic heterocycles. The van der Waals surface area contributed by atoms with Gasteiger partial charge in [-0.3, -0.25) is 12.2 Å². The second-order valence-corrected chi connectivity index (χ2v) is 31.8. The van der Waals surface area contributed by atoms with Gasteiger partial charge in [0.15, 0.2) is 0 Å². The van der Waals surface area contributed by atoms with Gasteiger partial charge in [-0.2, -0.15) is 12.2 Å². The van der Waals surface area contributed by atoms with Crippen LogP contribution < -0.4 is 0 Å². The SMILES string of the molecule is C[Si](C)(C)C1=[C-]CC=C1[Si](C)(C)C.C[Si](C)(C)C1=[C-]CC=C1[Si](C)(C)C.Cl.Cl.[U+2]. The average molecular weight is 730 g/mol. The van der Waals surface area contributed by atoms with Crippen LogP contribution in [-0.4, -0.2) is 32.3 Å². The molecule has 0 amide bonds. The van der Waals surface area contributed by atoms with Gasteiger partial charge in [-0.15, -0.1) is 37.7 Å². The van der Waals surface area contributed by atoms with E-state index >= 15 is 0 Å². The molecule has 2 rings (SSSR count). The molecule has 0 radical (unpaired) electrons. The fourth-order valence-corrected chi connectivity index (χ4v) is 14.3. The fraction of sp³-hybridized carbons (Fsp3) is 0.636. The van der Waals surface area contributed by atoms with E-state index in [1.54, 1.807) is 20.8 Å². The van der Waals surface area contributed by atoms with Gasteiger partial charge in [0.1, 0.15) is 0 Å². The van der Waals surface area contributed by atoms with Crippen molar-refractivity contribution in [2.24, 2.45) is 0 Å². The smallest absolute Gasteiger partial charge is 0.273 e. The monoisotopic (exact) mass is 728 g/mol. The molecule has 0 atom stereocenters. The predicted octanol–water partition coefficient (Wildman–Crippen LogP) is 8.45. The second-order valence-electron chi connectivity index (χ2n) is 11.7. The summed E-state index contributed by atoms with van der Waals surface area (Å²) in [6.07, 6.45) is 14.1. The zero-order valence-electron chi connectivity index (χ0n) is 20.9. The molecule has 0 aromatic rings. The number of hydrogen-bond acceptors (Lipinski definition) is 0. The van der Waals surface area contributed by atoms with Crippen LogP contribution >= 0.6 is 24.8 Å². The quantitative estimate of drug-likeness (QED) is 0.201. The first-order chi connectivity index (χ1) is 11.5. The molecule has 2 aliphatic rings. The molecule has 29 heavy (non-hydrogen) atoms. The average Bonchev–Trinajstić information content (AvgIpc) is 3.06. The van der Waals surface area contributed by atoms with Crippen LogP contribution in [0.25, 0.3) is 0 Å². The minimum absolute atomic E-state index is 0. The van der Waals surface area contributed by atoms with Crippen molar-refractivity contribution in [3.8, 4) is 0 Å². The van der Waals surface area contributed by atoms with Crippen LogP contribution in [0.2, 0.25) is 78.6 Å². The van der Waals surface area contributed by atoms with Crippen molar-refractivity contribution in [1.82, 2.24) is 0 Å². The number of rotatable bonds is 4. The number of halogens is 2. The summed E-state index contributed by atoms with van der Waals surface area (Å²) in [7, 11) is -4.45. The predicted molar refractivity (Wildman–Crippen MR) is 147 cm³/mol. The van der Waals surface area contributed by atoms with Gasteiger partial charge in [-0.05, 0) is 16.1 Å². The van der Waals surface area contributed by atoms with Crippen molar-refractivity contribution < 1.29 is 31.1 Å². The van der Waals surface area contributed by atoms with Crippen LogP contribution in [0.1, 0.15) is 12.8 Å². The van der Waals surface area contributed by atoms with E-state index in [0.717, 1.165) is 12.8 Å². The van der Waals surface area contributed by atoms with Gasteiger partial charge in [-0.1, -0.05) is 78.6 Å². The zero-order valence-corrected chi connectivity index (χ0v) is 30.7. The van der Waals surface area contributed by atoms with E-state index in [1.165, 1.54) is 0 Å². The summed E-state index contributed by atoms with van der Waals surface area (Å²) in [4.78, 5) is 0. The zero-order chi connectivity index (χ0) is 20.6. The van der Waals surface area contributed by atoms with Gasteiger partial charge in [-0.25, -0.2) is 20.8 Å². The maximum Gasteiger partial charge on any atom is 2.00 e. The first kappa shape index (κ1) is 35.1. The Morgan fingerprint density at radius 3 is 0.897 bits per heavy atom. The largest absolute Gasteiger partial charge is 2.00 e. The van der Waals surface area contributed by atoms with E-state index in [-0.39, 0.29) is 55.9 Å². The Bertz CT molecular complexity index is 536. The Hall–Kier alpha value is 1.46. The third kappa shape index (κ3) is 10.7. The summed E-state index contributed by atoms with van der Waals surface area (Å²) >= 11 is 0. The van der Waals surface area contributed by atoms with Gasteiger partial charge < -0.3 is 0 Å². The summed E-state index contributed by atoms with van der Waals surface area (Å²) in [5, 5.41) is 6.61. The molecule has 0 nitrogen and oxygen atoms in total. The molecular weight excluding hydrogens is 686 g/mol. The van der Waals surface area contributed by atoms with Crippen molar-refractivity contribution in [1.29, 1.82) is 0 Å². The van der Waals surface area contributed by atoms with Crippen LogP contribution in [0.4, 0.5) is 0 Å². The molecule has 2 aliphatic carbocycles. The molecule has 0 aromatic heterocycles. The molecule has 0 fully saturated rings. The normalized spacial score (nSPS) is 16.7. The maximum atomic E-state index is 3.57. The molecule has 0 heterocycles. The molecule has 0 saturated heterocycles. The van der Waals surface area contributed by atoms with E-state index in [9.17, 15) is 0 Å². The van der Waals surface area contributed by atoms with Crippen molar-refractivity contribution in [3.05, 3.63) is 45.1 Å².